The minimum Gasteiger partial charge on any atom is -0.496 e. The molecule has 1 saturated carbocycles. The second kappa shape index (κ2) is 8.79. The van der Waals surface area contributed by atoms with Gasteiger partial charge in [0.1, 0.15) is 5.75 Å². The van der Waals surface area contributed by atoms with Crippen molar-refractivity contribution in [2.45, 2.75) is 58.1 Å². The van der Waals surface area contributed by atoms with E-state index in [9.17, 15) is 4.79 Å². The van der Waals surface area contributed by atoms with Gasteiger partial charge in [-0.25, -0.2) is 0 Å². The van der Waals surface area contributed by atoms with E-state index >= 15 is 0 Å². The number of hydrogen-bond donors (Lipinski definition) is 1. The lowest BCUT2D eigenvalue weighted by Crippen LogP contribution is -2.32. The van der Waals surface area contributed by atoms with Crippen molar-refractivity contribution in [3.8, 4) is 5.75 Å². The molecule has 0 unspecified atom stereocenters. The number of benzene rings is 1. The van der Waals surface area contributed by atoms with Crippen LogP contribution in [-0.2, 0) is 11.3 Å². The van der Waals surface area contributed by atoms with E-state index in [4.69, 9.17) is 9.47 Å². The Morgan fingerprint density at radius 3 is 2.77 bits per heavy atom. The molecule has 0 atom stereocenters. The molecule has 1 aliphatic carbocycles. The summed E-state index contributed by atoms with van der Waals surface area (Å²) in [5.41, 5.74) is 1.61. The van der Waals surface area contributed by atoms with Crippen LogP contribution in [0.2, 0.25) is 0 Å². The largest absolute Gasteiger partial charge is 0.496 e. The number of carbonyl (C=O) groups excluding carboxylic acids is 1. The van der Waals surface area contributed by atoms with Crippen LogP contribution in [0.4, 0.5) is 0 Å². The average Bonchev–Trinajstić information content (AvgIpc) is 3.04. The van der Waals surface area contributed by atoms with Crippen molar-refractivity contribution >= 4 is 5.91 Å². The highest BCUT2D eigenvalue weighted by molar-refractivity contribution is 5.94. The number of unbranched alkanes of at least 4 members (excludes halogenated alkanes) is 1. The zero-order chi connectivity index (χ0) is 15.8. The van der Waals surface area contributed by atoms with Gasteiger partial charge in [-0.1, -0.05) is 26.2 Å². The van der Waals surface area contributed by atoms with Crippen molar-refractivity contribution in [1.82, 2.24) is 5.32 Å². The second-order valence-electron chi connectivity index (χ2n) is 5.89. The molecule has 1 amide bonds. The highest BCUT2D eigenvalue weighted by Gasteiger charge is 2.18. The molecule has 4 heteroatoms. The third-order valence-electron chi connectivity index (χ3n) is 4.13. The predicted octanol–water partition coefficient (Wildman–Crippen LogP) is 3.68. The summed E-state index contributed by atoms with van der Waals surface area (Å²) in [5.74, 6) is 0.776. The first-order valence-electron chi connectivity index (χ1n) is 8.30. The lowest BCUT2D eigenvalue weighted by molar-refractivity contribution is 0.0936. The van der Waals surface area contributed by atoms with E-state index in [2.05, 4.69) is 12.2 Å². The number of methoxy groups -OCH3 is 1. The standard InChI is InChI=1S/C18H27NO3/c1-3-4-11-22-13-15-12-14(9-10-17(15)21-2)18(20)19-16-7-5-6-8-16/h9-10,12,16H,3-8,11,13H2,1-2H3,(H,19,20). The molecule has 0 aliphatic heterocycles. The van der Waals surface area contributed by atoms with Crippen LogP contribution in [0.1, 0.15) is 61.4 Å². The Morgan fingerprint density at radius 1 is 1.32 bits per heavy atom. The summed E-state index contributed by atoms with van der Waals surface area (Å²) >= 11 is 0. The first-order chi connectivity index (χ1) is 10.7. The molecular formula is C18H27NO3. The van der Waals surface area contributed by atoms with Crippen LogP contribution in [0.15, 0.2) is 18.2 Å². The van der Waals surface area contributed by atoms with Crippen LogP contribution in [-0.4, -0.2) is 25.7 Å². The quantitative estimate of drug-likeness (QED) is 0.745. The van der Waals surface area contributed by atoms with Gasteiger partial charge in [0.2, 0.25) is 0 Å². The molecule has 0 saturated heterocycles. The Balaban J connectivity index is 1.99. The molecular weight excluding hydrogens is 278 g/mol. The Morgan fingerprint density at radius 2 is 2.09 bits per heavy atom. The van der Waals surface area contributed by atoms with Crippen LogP contribution in [0.3, 0.4) is 0 Å². The summed E-state index contributed by atoms with van der Waals surface area (Å²) in [5, 5.41) is 3.12. The zero-order valence-corrected chi connectivity index (χ0v) is 13.7. The molecule has 0 heterocycles. The number of hydrogen-bond acceptors (Lipinski definition) is 3. The van der Waals surface area contributed by atoms with Gasteiger partial charge in [-0.2, -0.15) is 0 Å². The molecule has 0 radical (unpaired) electrons. The molecule has 1 aliphatic rings. The van der Waals surface area contributed by atoms with Gasteiger partial charge in [-0.3, -0.25) is 4.79 Å². The molecule has 1 N–H and O–H groups in total. The highest BCUT2D eigenvalue weighted by atomic mass is 16.5. The van der Waals surface area contributed by atoms with E-state index in [1.165, 1.54) is 12.8 Å². The Labute approximate surface area is 133 Å². The summed E-state index contributed by atoms with van der Waals surface area (Å²) < 4.78 is 11.0. The van der Waals surface area contributed by atoms with Crippen molar-refractivity contribution in [2.75, 3.05) is 13.7 Å². The molecule has 122 valence electrons. The fourth-order valence-electron chi connectivity index (χ4n) is 2.80. The zero-order valence-electron chi connectivity index (χ0n) is 13.7. The van der Waals surface area contributed by atoms with Crippen LogP contribution in [0.25, 0.3) is 0 Å². The van der Waals surface area contributed by atoms with Gasteiger partial charge in [-0.15, -0.1) is 0 Å². The molecule has 4 nitrogen and oxygen atoms in total. The van der Waals surface area contributed by atoms with E-state index < -0.39 is 0 Å². The predicted molar refractivity (Wildman–Crippen MR) is 87.3 cm³/mol. The number of carbonyl (C=O) groups is 1. The van der Waals surface area contributed by atoms with Gasteiger partial charge in [-0.05, 0) is 37.5 Å². The van der Waals surface area contributed by atoms with E-state index in [-0.39, 0.29) is 5.91 Å². The van der Waals surface area contributed by atoms with Crippen LogP contribution < -0.4 is 10.1 Å². The number of nitrogens with one attached hydrogen (secondary N) is 1. The molecule has 1 aromatic carbocycles. The fourth-order valence-corrected chi connectivity index (χ4v) is 2.80. The van der Waals surface area contributed by atoms with Crippen molar-refractivity contribution in [3.63, 3.8) is 0 Å². The Hall–Kier alpha value is -1.55. The maximum absolute atomic E-state index is 12.3. The number of rotatable bonds is 8. The van der Waals surface area contributed by atoms with E-state index in [1.54, 1.807) is 7.11 Å². The van der Waals surface area contributed by atoms with Gasteiger partial charge in [0, 0.05) is 23.8 Å². The summed E-state index contributed by atoms with van der Waals surface area (Å²) in [6.45, 7) is 3.35. The fraction of sp³-hybridized carbons (Fsp3) is 0.611. The van der Waals surface area contributed by atoms with Crippen molar-refractivity contribution in [2.24, 2.45) is 0 Å². The number of amides is 1. The molecule has 0 bridgehead atoms. The van der Waals surface area contributed by atoms with E-state index in [0.717, 1.165) is 43.6 Å². The lowest BCUT2D eigenvalue weighted by Gasteiger charge is -2.14. The van der Waals surface area contributed by atoms with Crippen LogP contribution in [0.5, 0.6) is 5.75 Å². The average molecular weight is 305 g/mol. The Bertz CT molecular complexity index is 481. The minimum atomic E-state index is 0.00404. The maximum Gasteiger partial charge on any atom is 0.251 e. The molecule has 1 fully saturated rings. The summed E-state index contributed by atoms with van der Waals surface area (Å²) in [6, 6.07) is 5.88. The number of ether oxygens (including phenoxy) is 2. The smallest absolute Gasteiger partial charge is 0.251 e. The van der Waals surface area contributed by atoms with Crippen molar-refractivity contribution in [1.29, 1.82) is 0 Å². The molecule has 0 spiro atoms. The van der Waals surface area contributed by atoms with Gasteiger partial charge in [0.15, 0.2) is 0 Å². The highest BCUT2D eigenvalue weighted by Crippen LogP contribution is 2.22. The molecule has 0 aromatic heterocycles. The van der Waals surface area contributed by atoms with Gasteiger partial charge in [0.25, 0.3) is 5.91 Å². The summed E-state index contributed by atoms with van der Waals surface area (Å²) in [4.78, 5) is 12.3. The lowest BCUT2D eigenvalue weighted by atomic mass is 10.1. The van der Waals surface area contributed by atoms with Crippen molar-refractivity contribution < 1.29 is 14.3 Å². The first-order valence-corrected chi connectivity index (χ1v) is 8.30. The molecule has 1 aromatic rings. The van der Waals surface area contributed by atoms with E-state index in [1.807, 2.05) is 18.2 Å². The third kappa shape index (κ3) is 4.73. The minimum absolute atomic E-state index is 0.00404. The molecule has 22 heavy (non-hydrogen) atoms. The van der Waals surface area contributed by atoms with Gasteiger partial charge in [0.05, 0.1) is 13.7 Å². The summed E-state index contributed by atoms with van der Waals surface area (Å²) in [7, 11) is 1.64. The summed E-state index contributed by atoms with van der Waals surface area (Å²) in [6.07, 6.45) is 6.77. The van der Waals surface area contributed by atoms with Crippen molar-refractivity contribution in [3.05, 3.63) is 29.3 Å². The maximum atomic E-state index is 12.3. The third-order valence-corrected chi connectivity index (χ3v) is 4.13. The molecule has 2 rings (SSSR count). The van der Waals surface area contributed by atoms with Crippen LogP contribution in [0, 0.1) is 0 Å². The normalized spacial score (nSPS) is 15.0. The Kier molecular flexibility index (Phi) is 6.72. The second-order valence-corrected chi connectivity index (χ2v) is 5.89. The van der Waals surface area contributed by atoms with Crippen LogP contribution >= 0.6 is 0 Å². The van der Waals surface area contributed by atoms with E-state index in [0.29, 0.717) is 18.2 Å². The topological polar surface area (TPSA) is 47.6 Å². The first kappa shape index (κ1) is 16.8. The van der Waals surface area contributed by atoms with Gasteiger partial charge < -0.3 is 14.8 Å². The van der Waals surface area contributed by atoms with Gasteiger partial charge >= 0.3 is 0 Å². The SMILES string of the molecule is CCCCOCc1cc(C(=O)NC2CCCC2)ccc1OC. The monoisotopic (exact) mass is 305 g/mol.